The van der Waals surface area contributed by atoms with E-state index in [4.69, 9.17) is 4.74 Å². The number of H-pyrrole nitrogens is 2. The van der Waals surface area contributed by atoms with Gasteiger partial charge >= 0.3 is 17.1 Å². The molecule has 7 heteroatoms. The molecule has 8 atom stereocenters. The number of hydrogen-bond donors (Lipinski definition) is 2. The average molecular weight is 584 g/mol. The third-order valence-electron chi connectivity index (χ3n) is 12.2. The molecule has 3 saturated carbocycles. The number of unbranched alkanes of at least 4 members (excludes halogenated alkanes) is 3. The molecule has 4 aliphatic carbocycles. The topological polar surface area (TPSA) is 96.9 Å². The van der Waals surface area contributed by atoms with E-state index in [1.165, 1.54) is 64.2 Å². The molecule has 2 N–H and O–H groups in total. The van der Waals surface area contributed by atoms with Crippen molar-refractivity contribution in [3.63, 3.8) is 0 Å². The lowest BCUT2D eigenvalue weighted by Crippen LogP contribution is -2.47. The number of allylic oxidation sites excluding steroid dienone is 1. The van der Waals surface area contributed by atoms with Crippen LogP contribution in [0.3, 0.4) is 0 Å². The number of fused-ring (bicyclic) bond motifs is 5. The van der Waals surface area contributed by atoms with Gasteiger partial charge in [-0.05, 0) is 111 Å². The highest BCUT2D eigenvalue weighted by molar-refractivity contribution is 5.20. The maximum absolute atomic E-state index is 11.8. The first kappa shape index (κ1) is 31.5. The third-order valence-corrected chi connectivity index (χ3v) is 12.2. The molecule has 42 heavy (non-hydrogen) atoms. The van der Waals surface area contributed by atoms with Crippen LogP contribution in [0, 0.1) is 46.8 Å². The highest BCUT2D eigenvalue weighted by atomic mass is 16.5. The molecular weight excluding hydrogens is 526 g/mol. The molecule has 0 radical (unpaired) electrons. The Balaban J connectivity index is 1.05. The number of nitrogens with zero attached hydrogens (tertiary/aromatic N) is 1. The van der Waals surface area contributed by atoms with Crippen LogP contribution in [0.25, 0.3) is 0 Å². The van der Waals surface area contributed by atoms with Gasteiger partial charge < -0.3 is 4.74 Å². The van der Waals surface area contributed by atoms with Gasteiger partial charge in [-0.25, -0.2) is 19.0 Å². The first-order valence-corrected chi connectivity index (χ1v) is 17.4. The molecule has 1 aromatic rings. The van der Waals surface area contributed by atoms with E-state index >= 15 is 0 Å². The number of aromatic nitrogens is 3. The van der Waals surface area contributed by atoms with E-state index in [2.05, 4.69) is 43.7 Å². The van der Waals surface area contributed by atoms with E-state index in [0.29, 0.717) is 18.1 Å². The van der Waals surface area contributed by atoms with Gasteiger partial charge in [0.25, 0.3) is 0 Å². The molecule has 0 saturated heterocycles. The van der Waals surface area contributed by atoms with Gasteiger partial charge in [0.05, 0.1) is 6.10 Å². The van der Waals surface area contributed by atoms with Gasteiger partial charge in [0.1, 0.15) is 0 Å². The van der Waals surface area contributed by atoms with E-state index in [9.17, 15) is 14.4 Å². The molecule has 0 bridgehead atoms. The molecule has 5 rings (SSSR count). The molecule has 0 spiro atoms. The summed E-state index contributed by atoms with van der Waals surface area (Å²) in [5.74, 6) is 6.18. The van der Waals surface area contributed by atoms with Crippen molar-refractivity contribution in [2.45, 2.75) is 137 Å². The van der Waals surface area contributed by atoms with Crippen molar-refractivity contribution >= 4 is 0 Å². The minimum atomic E-state index is -0.752. The molecule has 1 aromatic heterocycles. The van der Waals surface area contributed by atoms with Crippen molar-refractivity contribution in [1.82, 2.24) is 14.5 Å². The van der Waals surface area contributed by atoms with Gasteiger partial charge in [0.15, 0.2) is 0 Å². The van der Waals surface area contributed by atoms with Crippen LogP contribution in [0.4, 0.5) is 0 Å². The molecule has 1 heterocycles. The normalized spacial score (nSPS) is 33.1. The van der Waals surface area contributed by atoms with E-state index < -0.39 is 17.1 Å². The van der Waals surface area contributed by atoms with Crippen molar-refractivity contribution in [1.29, 1.82) is 0 Å². The minimum absolute atomic E-state index is 0.324. The van der Waals surface area contributed by atoms with Crippen molar-refractivity contribution in [2.24, 2.45) is 46.8 Å². The van der Waals surface area contributed by atoms with E-state index in [-0.39, 0.29) is 0 Å². The van der Waals surface area contributed by atoms with E-state index in [0.717, 1.165) is 84.7 Å². The summed E-state index contributed by atoms with van der Waals surface area (Å²) < 4.78 is 7.43. The summed E-state index contributed by atoms with van der Waals surface area (Å²) in [5, 5.41) is 0. The van der Waals surface area contributed by atoms with Crippen molar-refractivity contribution < 1.29 is 4.74 Å². The monoisotopic (exact) mass is 583 g/mol. The lowest BCUT2D eigenvalue weighted by Gasteiger charge is -2.54. The van der Waals surface area contributed by atoms with E-state index in [1.807, 2.05) is 0 Å². The second-order valence-corrected chi connectivity index (χ2v) is 15.1. The second-order valence-electron chi connectivity index (χ2n) is 15.1. The van der Waals surface area contributed by atoms with Crippen molar-refractivity contribution in [2.75, 3.05) is 6.61 Å². The fourth-order valence-corrected chi connectivity index (χ4v) is 10.0. The Hall–Kier alpha value is -1.89. The molecule has 7 nitrogen and oxygen atoms in total. The standard InChI is InChI=1S/C35H57N3O4/c1-23(2)10-9-11-24(3)30-16-17-31-29-14-12-25-22-26(13-15-27(25)28(29)18-19-35(30,31)4)42-21-8-6-5-7-20-38-33(40)36-32(39)37-34(38)41/h12,23-24,26-31H,5-11,13-22H2,1-4H3,(H2,36,37,39,40,41)/t24-,26+,27+,28-,29-,30-,31+,35-/m1/s1. The van der Waals surface area contributed by atoms with Crippen LogP contribution in [-0.2, 0) is 11.3 Å². The Morgan fingerprint density at radius 1 is 0.905 bits per heavy atom. The largest absolute Gasteiger partial charge is 0.378 e. The van der Waals surface area contributed by atoms with E-state index in [1.54, 1.807) is 5.57 Å². The lowest BCUT2D eigenvalue weighted by molar-refractivity contribution is -0.0358. The van der Waals surface area contributed by atoms with Gasteiger partial charge in [-0.1, -0.05) is 71.4 Å². The van der Waals surface area contributed by atoms with Crippen LogP contribution in [0.5, 0.6) is 0 Å². The van der Waals surface area contributed by atoms with Crippen LogP contribution < -0.4 is 17.1 Å². The maximum atomic E-state index is 11.8. The third kappa shape index (κ3) is 6.92. The van der Waals surface area contributed by atoms with Crippen LogP contribution in [0.2, 0.25) is 0 Å². The number of ether oxygens (including phenoxy) is 1. The molecule has 0 aromatic carbocycles. The first-order valence-electron chi connectivity index (χ1n) is 17.4. The summed E-state index contributed by atoms with van der Waals surface area (Å²) in [6.45, 7) is 11.1. The Labute approximate surface area is 252 Å². The molecule has 4 aliphatic rings. The van der Waals surface area contributed by atoms with Gasteiger partial charge in [0, 0.05) is 13.2 Å². The highest BCUT2D eigenvalue weighted by Gasteiger charge is 2.56. The summed E-state index contributed by atoms with van der Waals surface area (Å²) in [5.41, 5.74) is 0.253. The Morgan fingerprint density at radius 2 is 1.67 bits per heavy atom. The zero-order valence-electron chi connectivity index (χ0n) is 26.8. The fourth-order valence-electron chi connectivity index (χ4n) is 10.0. The number of nitrogens with one attached hydrogen (secondary N) is 2. The van der Waals surface area contributed by atoms with Crippen LogP contribution in [0.1, 0.15) is 124 Å². The summed E-state index contributed by atoms with van der Waals surface area (Å²) in [6.07, 6.45) is 21.7. The quantitative estimate of drug-likeness (QED) is 0.197. The Kier molecular flexibility index (Phi) is 10.4. The first-order chi connectivity index (χ1) is 20.2. The molecule has 0 amide bonds. The predicted molar refractivity (Wildman–Crippen MR) is 169 cm³/mol. The van der Waals surface area contributed by atoms with Gasteiger partial charge in [-0.15, -0.1) is 0 Å². The summed E-state index contributed by atoms with van der Waals surface area (Å²) in [6, 6.07) is 0. The summed E-state index contributed by atoms with van der Waals surface area (Å²) in [7, 11) is 0. The number of aromatic amines is 2. The van der Waals surface area contributed by atoms with Gasteiger partial charge in [0.2, 0.25) is 0 Å². The molecule has 0 aliphatic heterocycles. The zero-order chi connectivity index (χ0) is 29.9. The van der Waals surface area contributed by atoms with Crippen molar-refractivity contribution in [3.05, 3.63) is 43.1 Å². The van der Waals surface area contributed by atoms with Gasteiger partial charge in [-0.2, -0.15) is 0 Å². The minimum Gasteiger partial charge on any atom is -0.378 e. The summed E-state index contributed by atoms with van der Waals surface area (Å²) in [4.78, 5) is 39.0. The lowest BCUT2D eigenvalue weighted by atomic mass is 9.51. The second kappa shape index (κ2) is 13.8. The van der Waals surface area contributed by atoms with Crippen LogP contribution >= 0.6 is 0 Å². The maximum Gasteiger partial charge on any atom is 0.333 e. The molecular formula is C35H57N3O4. The van der Waals surface area contributed by atoms with Crippen LogP contribution in [-0.4, -0.2) is 27.2 Å². The predicted octanol–water partition coefficient (Wildman–Crippen LogP) is 6.82. The Morgan fingerprint density at radius 3 is 2.43 bits per heavy atom. The smallest absolute Gasteiger partial charge is 0.333 e. The SMILES string of the molecule is CC(C)CCC[C@@H](C)[C@H]1CC[C@H]2[C@@H]3CC=C4C[C@@H](OCCCCCCn5c(=O)[nH]c(=O)[nH]c5=O)CC[C@@H]4[C@H]3CC[C@]12C. The molecule has 236 valence electrons. The fraction of sp³-hybridized carbons (Fsp3) is 0.857. The molecule has 0 unspecified atom stereocenters. The summed E-state index contributed by atoms with van der Waals surface area (Å²) >= 11 is 0. The van der Waals surface area contributed by atoms with Crippen LogP contribution in [0.15, 0.2) is 26.0 Å². The average Bonchev–Trinajstić information content (AvgIpc) is 3.30. The number of rotatable bonds is 13. The highest BCUT2D eigenvalue weighted by Crippen LogP contribution is 2.64. The van der Waals surface area contributed by atoms with Crippen molar-refractivity contribution in [3.8, 4) is 0 Å². The number of hydrogen-bond acceptors (Lipinski definition) is 4. The van der Waals surface area contributed by atoms with Gasteiger partial charge in [-0.3, -0.25) is 9.97 Å². The Bertz CT molecular complexity index is 1210. The molecule has 3 fully saturated rings. The zero-order valence-corrected chi connectivity index (χ0v) is 26.8.